The number of rotatable bonds is 4. The summed E-state index contributed by atoms with van der Waals surface area (Å²) in [5, 5.41) is 0. The van der Waals surface area contributed by atoms with E-state index < -0.39 is 8.15 Å². The summed E-state index contributed by atoms with van der Waals surface area (Å²) in [7, 11) is -0.872. The van der Waals surface area contributed by atoms with E-state index >= 15 is 0 Å². The zero-order chi connectivity index (χ0) is 9.73. The zero-order valence-corrected chi connectivity index (χ0v) is 9.65. The summed E-state index contributed by atoms with van der Waals surface area (Å²) in [4.78, 5) is 9.11. The van der Waals surface area contributed by atoms with E-state index in [9.17, 15) is 0 Å². The molecule has 0 aromatic rings. The summed E-state index contributed by atoms with van der Waals surface area (Å²) in [6.07, 6.45) is 7.21. The molecule has 78 valence electrons. The topological polar surface area (TPSA) is 29.5 Å². The van der Waals surface area contributed by atoms with E-state index in [1.165, 1.54) is 32.1 Å². The van der Waals surface area contributed by atoms with Gasteiger partial charge in [0, 0.05) is 8.15 Å². The quantitative estimate of drug-likeness (QED) is 0.713. The lowest BCUT2D eigenvalue weighted by atomic mass is 9.76. The van der Waals surface area contributed by atoms with Crippen LogP contribution >= 0.6 is 8.15 Å². The lowest BCUT2D eigenvalue weighted by Crippen LogP contribution is -2.26. The van der Waals surface area contributed by atoms with E-state index in [1.54, 1.807) is 0 Å². The molecule has 1 rings (SSSR count). The van der Waals surface area contributed by atoms with Gasteiger partial charge in [-0.1, -0.05) is 26.2 Å². The molecule has 1 fully saturated rings. The van der Waals surface area contributed by atoms with Crippen LogP contribution in [0, 0.1) is 5.41 Å². The Labute approximate surface area is 82.5 Å². The second kappa shape index (κ2) is 5.29. The normalized spacial score (nSPS) is 24.2. The van der Waals surface area contributed by atoms with Gasteiger partial charge in [0.15, 0.2) is 0 Å². The Kier molecular flexibility index (Phi) is 4.64. The highest BCUT2D eigenvalue weighted by molar-refractivity contribution is 7.50. The summed E-state index contributed by atoms with van der Waals surface area (Å²) in [5.41, 5.74) is 0.392. The molecule has 13 heavy (non-hydrogen) atoms. The van der Waals surface area contributed by atoms with Crippen molar-refractivity contribution < 1.29 is 9.63 Å². The predicted octanol–water partition coefficient (Wildman–Crippen LogP) is 2.95. The fourth-order valence-electron chi connectivity index (χ4n) is 1.97. The smallest absolute Gasteiger partial charge is 0.0902 e. The van der Waals surface area contributed by atoms with Crippen molar-refractivity contribution in [1.29, 1.82) is 0 Å². The van der Waals surface area contributed by atoms with Crippen molar-refractivity contribution in [3.8, 4) is 0 Å². The molecule has 0 saturated heterocycles. The van der Waals surface area contributed by atoms with Gasteiger partial charge in [0.05, 0.1) is 13.0 Å². The second-order valence-electron chi connectivity index (χ2n) is 4.51. The fraction of sp³-hybridized carbons (Fsp3) is 1.00. The third-order valence-corrected chi connectivity index (χ3v) is 3.35. The van der Waals surface area contributed by atoms with Gasteiger partial charge in [-0.25, -0.2) is 0 Å². The van der Waals surface area contributed by atoms with Gasteiger partial charge in [-0.3, -0.25) is 0 Å². The van der Waals surface area contributed by atoms with E-state index in [1.807, 2.05) is 6.66 Å². The first-order valence-corrected chi connectivity index (χ1v) is 7.03. The molecule has 1 N–H and O–H groups in total. The average molecular weight is 204 g/mol. The summed E-state index contributed by atoms with van der Waals surface area (Å²) in [6, 6.07) is 0. The van der Waals surface area contributed by atoms with Crippen molar-refractivity contribution in [2.45, 2.75) is 39.0 Å². The summed E-state index contributed by atoms with van der Waals surface area (Å²) < 4.78 is 5.52. The summed E-state index contributed by atoms with van der Waals surface area (Å²) in [5.74, 6) is 0. The van der Waals surface area contributed by atoms with Crippen molar-refractivity contribution in [3.05, 3.63) is 0 Å². The van der Waals surface area contributed by atoms with E-state index in [-0.39, 0.29) is 0 Å². The Morgan fingerprint density at radius 3 is 2.46 bits per heavy atom. The molecule has 1 unspecified atom stereocenters. The van der Waals surface area contributed by atoms with Gasteiger partial charge < -0.3 is 9.63 Å². The molecule has 0 aliphatic heterocycles. The highest BCUT2D eigenvalue weighted by Crippen LogP contribution is 2.36. The molecule has 0 aromatic carbocycles. The lowest BCUT2D eigenvalue weighted by molar-refractivity contribution is 0.0523. The van der Waals surface area contributed by atoms with Crippen molar-refractivity contribution in [1.82, 2.24) is 0 Å². The van der Waals surface area contributed by atoms with Crippen molar-refractivity contribution >= 4 is 8.15 Å². The molecule has 1 aliphatic carbocycles. The Morgan fingerprint density at radius 2 is 1.92 bits per heavy atom. The number of ether oxygens (including phenoxy) is 1. The maximum absolute atomic E-state index is 9.11. The van der Waals surface area contributed by atoms with Crippen LogP contribution in [0.4, 0.5) is 0 Å². The highest BCUT2D eigenvalue weighted by Gasteiger charge is 2.26. The molecular formula is C10H21O2P. The molecule has 1 aliphatic rings. The van der Waals surface area contributed by atoms with Gasteiger partial charge in [-0.2, -0.15) is 0 Å². The molecule has 0 spiro atoms. The molecule has 1 atom stereocenters. The molecule has 0 heterocycles. The van der Waals surface area contributed by atoms with Crippen LogP contribution in [-0.2, 0) is 4.74 Å². The van der Waals surface area contributed by atoms with Crippen molar-refractivity contribution in [3.63, 3.8) is 0 Å². The van der Waals surface area contributed by atoms with Gasteiger partial charge >= 0.3 is 0 Å². The first-order chi connectivity index (χ1) is 6.12. The predicted molar refractivity (Wildman–Crippen MR) is 57.1 cm³/mol. The van der Waals surface area contributed by atoms with Crippen LogP contribution in [0.3, 0.4) is 0 Å². The Balaban J connectivity index is 2.17. The van der Waals surface area contributed by atoms with Gasteiger partial charge in [0.2, 0.25) is 0 Å². The van der Waals surface area contributed by atoms with Crippen LogP contribution in [0.25, 0.3) is 0 Å². The van der Waals surface area contributed by atoms with E-state index in [0.717, 1.165) is 6.61 Å². The number of hydrogen-bond donors (Lipinski definition) is 1. The van der Waals surface area contributed by atoms with Gasteiger partial charge in [-0.05, 0) is 24.9 Å². The first-order valence-electron chi connectivity index (χ1n) is 5.10. The van der Waals surface area contributed by atoms with Crippen LogP contribution in [-0.4, -0.2) is 24.5 Å². The minimum Gasteiger partial charge on any atom is -0.374 e. The monoisotopic (exact) mass is 204 g/mol. The molecule has 1 saturated carbocycles. The largest absolute Gasteiger partial charge is 0.374 e. The number of hydrogen-bond acceptors (Lipinski definition) is 2. The molecular weight excluding hydrogens is 183 g/mol. The van der Waals surface area contributed by atoms with Crippen molar-refractivity contribution in [2.75, 3.05) is 19.6 Å². The van der Waals surface area contributed by atoms with Gasteiger partial charge in [-0.15, -0.1) is 0 Å². The van der Waals surface area contributed by atoms with E-state index in [4.69, 9.17) is 9.63 Å². The fourth-order valence-corrected chi connectivity index (χ4v) is 2.33. The van der Waals surface area contributed by atoms with Crippen LogP contribution in [0.15, 0.2) is 0 Å². The van der Waals surface area contributed by atoms with Crippen molar-refractivity contribution in [2.24, 2.45) is 5.41 Å². The molecule has 0 aromatic heterocycles. The summed E-state index contributed by atoms with van der Waals surface area (Å²) in [6.45, 7) is 4.97. The first kappa shape index (κ1) is 11.4. The zero-order valence-electron chi connectivity index (χ0n) is 8.75. The Morgan fingerprint density at radius 1 is 1.31 bits per heavy atom. The second-order valence-corrected chi connectivity index (χ2v) is 6.08. The third kappa shape index (κ3) is 4.39. The summed E-state index contributed by atoms with van der Waals surface area (Å²) >= 11 is 0. The SMILES string of the molecule is CP(O)COCC1(C)CCCCC1. The standard InChI is InChI=1S/C10H21O2P/c1-10(6-4-3-5-7-10)8-12-9-13(2)11/h11H,3-9H2,1-2H3. The van der Waals surface area contributed by atoms with Gasteiger partial charge in [0.25, 0.3) is 0 Å². The molecule has 0 bridgehead atoms. The maximum atomic E-state index is 9.11. The Hall–Kier alpha value is 0.350. The van der Waals surface area contributed by atoms with E-state index in [0.29, 0.717) is 11.8 Å². The van der Waals surface area contributed by atoms with Crippen LogP contribution in [0.1, 0.15) is 39.0 Å². The maximum Gasteiger partial charge on any atom is 0.0902 e. The molecule has 3 heteroatoms. The highest BCUT2D eigenvalue weighted by atomic mass is 31.1. The van der Waals surface area contributed by atoms with Gasteiger partial charge in [0.1, 0.15) is 0 Å². The van der Waals surface area contributed by atoms with Crippen LogP contribution in [0.2, 0.25) is 0 Å². The third-order valence-electron chi connectivity index (χ3n) is 2.79. The lowest BCUT2D eigenvalue weighted by Gasteiger charge is -2.33. The van der Waals surface area contributed by atoms with E-state index in [2.05, 4.69) is 6.92 Å². The molecule has 0 radical (unpaired) electrons. The molecule has 2 nitrogen and oxygen atoms in total. The molecule has 0 amide bonds. The van der Waals surface area contributed by atoms with Crippen LogP contribution in [0.5, 0.6) is 0 Å². The minimum atomic E-state index is -0.872. The average Bonchev–Trinajstić information content (AvgIpc) is 2.04. The van der Waals surface area contributed by atoms with Crippen LogP contribution < -0.4 is 0 Å². The minimum absolute atomic E-state index is 0.392. The Bertz CT molecular complexity index is 142.